The molecule has 5 rings (SSSR count). The Morgan fingerprint density at radius 2 is 2.06 bits per heavy atom. The van der Waals surface area contributed by atoms with Gasteiger partial charge in [0.15, 0.2) is 0 Å². The van der Waals surface area contributed by atoms with Gasteiger partial charge in [-0.2, -0.15) is 0 Å². The summed E-state index contributed by atoms with van der Waals surface area (Å²) in [6, 6.07) is 4.93. The first-order valence-electron chi connectivity index (χ1n) is 12.0. The van der Waals surface area contributed by atoms with Gasteiger partial charge >= 0.3 is 0 Å². The SMILES string of the molecule is CC1C=CC(C2CCN(CCOc3ccc4c(c3)CN(C3CCC(=O)NC3=O)C4=O)C2)=CC1. The van der Waals surface area contributed by atoms with Crippen LogP contribution in [0.4, 0.5) is 0 Å². The summed E-state index contributed by atoms with van der Waals surface area (Å²) in [5.41, 5.74) is 2.96. The first-order chi connectivity index (χ1) is 16.0. The summed E-state index contributed by atoms with van der Waals surface area (Å²) in [5.74, 6) is 1.20. The summed E-state index contributed by atoms with van der Waals surface area (Å²) in [4.78, 5) is 40.5. The van der Waals surface area contributed by atoms with Crippen molar-refractivity contribution in [3.8, 4) is 5.75 Å². The number of rotatable bonds is 6. The minimum atomic E-state index is -0.590. The highest BCUT2D eigenvalue weighted by Crippen LogP contribution is 2.31. The Labute approximate surface area is 194 Å². The number of ether oxygens (including phenoxy) is 1. The summed E-state index contributed by atoms with van der Waals surface area (Å²) in [6.45, 7) is 6.27. The molecule has 1 aromatic carbocycles. The maximum atomic E-state index is 12.8. The summed E-state index contributed by atoms with van der Waals surface area (Å²) >= 11 is 0. The van der Waals surface area contributed by atoms with E-state index in [4.69, 9.17) is 4.74 Å². The van der Waals surface area contributed by atoms with Gasteiger partial charge in [-0.1, -0.05) is 25.2 Å². The molecule has 174 valence electrons. The smallest absolute Gasteiger partial charge is 0.255 e. The van der Waals surface area contributed by atoms with Gasteiger partial charge in [-0.05, 0) is 67.0 Å². The average molecular weight is 450 g/mol. The second-order valence-electron chi connectivity index (χ2n) is 9.63. The maximum absolute atomic E-state index is 12.8. The van der Waals surface area contributed by atoms with Crippen LogP contribution in [0.5, 0.6) is 5.75 Å². The number of carbonyl (C=O) groups is 3. The molecule has 3 aliphatic heterocycles. The zero-order chi connectivity index (χ0) is 22.9. The van der Waals surface area contributed by atoms with Gasteiger partial charge in [0, 0.05) is 31.6 Å². The number of imide groups is 1. The van der Waals surface area contributed by atoms with E-state index in [1.807, 2.05) is 12.1 Å². The fourth-order valence-corrected chi connectivity index (χ4v) is 5.29. The molecule has 1 aromatic rings. The molecule has 1 aliphatic carbocycles. The van der Waals surface area contributed by atoms with Gasteiger partial charge in [-0.15, -0.1) is 0 Å². The van der Waals surface area contributed by atoms with Crippen molar-refractivity contribution in [3.63, 3.8) is 0 Å². The monoisotopic (exact) mass is 449 g/mol. The van der Waals surface area contributed by atoms with E-state index >= 15 is 0 Å². The van der Waals surface area contributed by atoms with Crippen molar-refractivity contribution in [2.75, 3.05) is 26.2 Å². The van der Waals surface area contributed by atoms with Crippen LogP contribution in [-0.4, -0.2) is 59.8 Å². The standard InChI is InChI=1S/C26H31N3O4/c1-17-2-4-18(5-3-17)19-10-11-28(15-19)12-13-33-21-6-7-22-20(14-21)16-29(26(22)32)23-8-9-24(30)27-25(23)31/h2,4-7,14,17,19,23H,3,8-13,15-16H2,1H3,(H,27,30,31). The quantitative estimate of drug-likeness (QED) is 0.676. The number of fused-ring (bicyclic) bond motifs is 1. The van der Waals surface area contributed by atoms with Gasteiger partial charge in [0.25, 0.3) is 5.91 Å². The van der Waals surface area contributed by atoms with Crippen LogP contribution in [0.15, 0.2) is 42.0 Å². The second kappa shape index (κ2) is 9.14. The van der Waals surface area contributed by atoms with Crippen LogP contribution < -0.4 is 10.1 Å². The Balaban J connectivity index is 1.13. The third-order valence-electron chi connectivity index (χ3n) is 7.26. The van der Waals surface area contributed by atoms with Gasteiger partial charge in [-0.3, -0.25) is 24.6 Å². The molecule has 3 heterocycles. The van der Waals surface area contributed by atoms with Crippen LogP contribution in [0.25, 0.3) is 0 Å². The number of carbonyl (C=O) groups excluding carboxylic acids is 3. The van der Waals surface area contributed by atoms with Gasteiger partial charge in [0.05, 0.1) is 0 Å². The van der Waals surface area contributed by atoms with E-state index in [1.54, 1.807) is 11.0 Å². The fourth-order valence-electron chi connectivity index (χ4n) is 5.29. The molecule has 0 spiro atoms. The molecule has 1 N–H and O–H groups in total. The summed E-state index contributed by atoms with van der Waals surface area (Å²) in [6.07, 6.45) is 10.0. The van der Waals surface area contributed by atoms with Crippen molar-refractivity contribution < 1.29 is 19.1 Å². The highest BCUT2D eigenvalue weighted by molar-refractivity contribution is 6.05. The molecule has 0 bridgehead atoms. The highest BCUT2D eigenvalue weighted by atomic mass is 16.5. The lowest BCUT2D eigenvalue weighted by atomic mass is 9.90. The van der Waals surface area contributed by atoms with E-state index in [-0.39, 0.29) is 24.1 Å². The van der Waals surface area contributed by atoms with Crippen molar-refractivity contribution in [2.45, 2.75) is 45.2 Å². The Morgan fingerprint density at radius 1 is 1.18 bits per heavy atom. The molecule has 7 nitrogen and oxygen atoms in total. The van der Waals surface area contributed by atoms with Crippen LogP contribution >= 0.6 is 0 Å². The number of hydrogen-bond donors (Lipinski definition) is 1. The first kappa shape index (κ1) is 21.9. The number of allylic oxidation sites excluding steroid dienone is 3. The molecular formula is C26H31N3O4. The van der Waals surface area contributed by atoms with Crippen molar-refractivity contribution in [1.29, 1.82) is 0 Å². The van der Waals surface area contributed by atoms with E-state index in [1.165, 1.54) is 12.0 Å². The molecule has 3 amide bonds. The minimum absolute atomic E-state index is 0.158. The van der Waals surface area contributed by atoms with Gasteiger partial charge in [0.2, 0.25) is 11.8 Å². The van der Waals surface area contributed by atoms with Crippen LogP contribution in [-0.2, 0) is 16.1 Å². The number of nitrogens with one attached hydrogen (secondary N) is 1. The molecule has 2 saturated heterocycles. The lowest BCUT2D eigenvalue weighted by Gasteiger charge is -2.29. The molecule has 7 heteroatoms. The molecule has 2 fully saturated rings. The third-order valence-corrected chi connectivity index (χ3v) is 7.26. The largest absolute Gasteiger partial charge is 0.492 e. The molecule has 4 aliphatic rings. The maximum Gasteiger partial charge on any atom is 0.255 e. The normalized spacial score (nSPS) is 27.5. The molecule has 3 atom stereocenters. The number of piperidine rings is 1. The van der Waals surface area contributed by atoms with Crippen molar-refractivity contribution >= 4 is 17.7 Å². The van der Waals surface area contributed by atoms with E-state index in [2.05, 4.69) is 35.4 Å². The number of benzene rings is 1. The molecule has 0 aromatic heterocycles. The van der Waals surface area contributed by atoms with Crippen molar-refractivity contribution in [1.82, 2.24) is 15.1 Å². The second-order valence-corrected chi connectivity index (χ2v) is 9.63. The van der Waals surface area contributed by atoms with Gasteiger partial charge in [0.1, 0.15) is 18.4 Å². The van der Waals surface area contributed by atoms with Crippen molar-refractivity contribution in [3.05, 3.63) is 53.1 Å². The van der Waals surface area contributed by atoms with E-state index in [0.717, 1.165) is 37.4 Å². The number of amides is 3. The number of hydrogen-bond acceptors (Lipinski definition) is 5. The zero-order valence-corrected chi connectivity index (χ0v) is 19.1. The van der Waals surface area contributed by atoms with Crippen LogP contribution in [0.3, 0.4) is 0 Å². The summed E-state index contributed by atoms with van der Waals surface area (Å²) in [7, 11) is 0. The average Bonchev–Trinajstić information content (AvgIpc) is 3.39. The number of nitrogens with zero attached hydrogens (tertiary/aromatic N) is 2. The Hall–Kier alpha value is -2.93. The Kier molecular flexibility index (Phi) is 6.06. The van der Waals surface area contributed by atoms with Crippen LogP contribution in [0, 0.1) is 11.8 Å². The molecule has 0 radical (unpaired) electrons. The summed E-state index contributed by atoms with van der Waals surface area (Å²) in [5, 5.41) is 2.34. The van der Waals surface area contributed by atoms with Gasteiger partial charge in [-0.25, -0.2) is 0 Å². The van der Waals surface area contributed by atoms with E-state index in [9.17, 15) is 14.4 Å². The van der Waals surface area contributed by atoms with E-state index in [0.29, 0.717) is 37.0 Å². The highest BCUT2D eigenvalue weighted by Gasteiger charge is 2.39. The Bertz CT molecular complexity index is 1030. The van der Waals surface area contributed by atoms with Crippen LogP contribution in [0.2, 0.25) is 0 Å². The zero-order valence-electron chi connectivity index (χ0n) is 19.1. The molecule has 33 heavy (non-hydrogen) atoms. The lowest BCUT2D eigenvalue weighted by Crippen LogP contribution is -2.52. The number of likely N-dealkylation sites (tertiary alicyclic amines) is 1. The third kappa shape index (κ3) is 4.60. The Morgan fingerprint density at radius 3 is 2.85 bits per heavy atom. The fraction of sp³-hybridized carbons (Fsp3) is 0.500. The van der Waals surface area contributed by atoms with Gasteiger partial charge < -0.3 is 9.64 Å². The lowest BCUT2D eigenvalue weighted by molar-refractivity contribution is -0.136. The molecule has 3 unspecified atom stereocenters. The molecular weight excluding hydrogens is 418 g/mol. The summed E-state index contributed by atoms with van der Waals surface area (Å²) < 4.78 is 6.02. The predicted molar refractivity (Wildman–Crippen MR) is 124 cm³/mol. The van der Waals surface area contributed by atoms with E-state index < -0.39 is 6.04 Å². The topological polar surface area (TPSA) is 79.0 Å². The first-order valence-corrected chi connectivity index (χ1v) is 12.0. The predicted octanol–water partition coefficient (Wildman–Crippen LogP) is 2.67. The van der Waals surface area contributed by atoms with Crippen molar-refractivity contribution in [2.24, 2.45) is 11.8 Å². The molecule has 0 saturated carbocycles. The van der Waals surface area contributed by atoms with Crippen LogP contribution in [0.1, 0.15) is 48.5 Å². The minimum Gasteiger partial charge on any atom is -0.492 e.